The topological polar surface area (TPSA) is 34.1 Å². The highest BCUT2D eigenvalue weighted by Gasteiger charge is 2.39. The lowest BCUT2D eigenvalue weighted by atomic mass is 9.79. The summed E-state index contributed by atoms with van der Waals surface area (Å²) in [4.78, 5) is 6.27. The number of thiazole rings is 1. The number of rotatable bonds is 5. The van der Waals surface area contributed by atoms with E-state index >= 15 is 0 Å². The van der Waals surface area contributed by atoms with Gasteiger partial charge in [-0.3, -0.25) is 0 Å². The summed E-state index contributed by atoms with van der Waals surface area (Å²) in [5.41, 5.74) is 1.11. The first-order valence-electron chi connectivity index (χ1n) is 7.34. The van der Waals surface area contributed by atoms with Gasteiger partial charge in [-0.25, -0.2) is 4.98 Å². The van der Waals surface area contributed by atoms with Crippen molar-refractivity contribution < 1.29 is 4.74 Å². The van der Waals surface area contributed by atoms with E-state index in [4.69, 9.17) is 9.72 Å². The smallest absolute Gasteiger partial charge is 0.125 e. The van der Waals surface area contributed by atoms with Crippen molar-refractivity contribution in [3.05, 3.63) is 15.6 Å². The van der Waals surface area contributed by atoms with Crippen LogP contribution in [0.15, 0.2) is 0 Å². The standard InChI is InChI=1S/C15H26N2OS/c1-5-12-13(10-16-3)19-14(17-12)15(18-4)8-6-7-11(2)9-15/h11,16H,5-10H2,1-4H3. The van der Waals surface area contributed by atoms with Gasteiger partial charge in [0.05, 0.1) is 5.69 Å². The molecule has 1 aromatic heterocycles. The summed E-state index contributed by atoms with van der Waals surface area (Å²) in [6.07, 6.45) is 5.80. The lowest BCUT2D eigenvalue weighted by Gasteiger charge is -2.37. The molecule has 0 aliphatic heterocycles. The summed E-state index contributed by atoms with van der Waals surface area (Å²) in [5, 5.41) is 4.44. The van der Waals surface area contributed by atoms with Crippen LogP contribution in [0, 0.1) is 5.92 Å². The van der Waals surface area contributed by atoms with Crippen LogP contribution in [0.4, 0.5) is 0 Å². The molecule has 1 saturated carbocycles. The molecule has 3 nitrogen and oxygen atoms in total. The Labute approximate surface area is 120 Å². The highest BCUT2D eigenvalue weighted by molar-refractivity contribution is 7.11. The maximum absolute atomic E-state index is 5.95. The van der Waals surface area contributed by atoms with Crippen molar-refractivity contribution in [1.29, 1.82) is 0 Å². The molecule has 4 heteroatoms. The van der Waals surface area contributed by atoms with Gasteiger partial charge in [0.2, 0.25) is 0 Å². The van der Waals surface area contributed by atoms with E-state index < -0.39 is 0 Å². The van der Waals surface area contributed by atoms with E-state index in [-0.39, 0.29) is 5.60 Å². The van der Waals surface area contributed by atoms with Gasteiger partial charge in [0, 0.05) is 18.5 Å². The van der Waals surface area contributed by atoms with E-state index in [1.165, 1.54) is 28.4 Å². The Morgan fingerprint density at radius 2 is 2.32 bits per heavy atom. The Balaban J connectivity index is 2.32. The van der Waals surface area contributed by atoms with Crippen LogP contribution in [0.3, 0.4) is 0 Å². The van der Waals surface area contributed by atoms with Crippen molar-refractivity contribution in [2.24, 2.45) is 5.92 Å². The molecule has 2 atom stereocenters. The van der Waals surface area contributed by atoms with Crippen LogP contribution in [-0.2, 0) is 23.3 Å². The second-order valence-electron chi connectivity index (χ2n) is 5.67. The van der Waals surface area contributed by atoms with Gasteiger partial charge in [0.1, 0.15) is 10.6 Å². The summed E-state index contributed by atoms with van der Waals surface area (Å²) in [6.45, 7) is 5.42. The van der Waals surface area contributed by atoms with Crippen LogP contribution >= 0.6 is 11.3 Å². The van der Waals surface area contributed by atoms with Gasteiger partial charge < -0.3 is 10.1 Å². The molecule has 19 heavy (non-hydrogen) atoms. The maximum atomic E-state index is 5.95. The molecule has 0 radical (unpaired) electrons. The van der Waals surface area contributed by atoms with E-state index in [0.29, 0.717) is 0 Å². The van der Waals surface area contributed by atoms with Crippen molar-refractivity contribution in [3.63, 3.8) is 0 Å². The molecule has 0 bridgehead atoms. The van der Waals surface area contributed by atoms with Crippen LogP contribution in [-0.4, -0.2) is 19.1 Å². The zero-order chi connectivity index (χ0) is 13.9. The zero-order valence-electron chi connectivity index (χ0n) is 12.6. The zero-order valence-corrected chi connectivity index (χ0v) is 13.4. The van der Waals surface area contributed by atoms with Crippen LogP contribution in [0.5, 0.6) is 0 Å². The van der Waals surface area contributed by atoms with Gasteiger partial charge in [-0.2, -0.15) is 0 Å². The third kappa shape index (κ3) is 3.01. The average Bonchev–Trinajstić information content (AvgIpc) is 2.83. The van der Waals surface area contributed by atoms with Crippen molar-refractivity contribution in [2.45, 2.75) is 58.1 Å². The molecule has 1 N–H and O–H groups in total. The number of nitrogens with zero attached hydrogens (tertiary/aromatic N) is 1. The molecular weight excluding hydrogens is 256 g/mol. The molecule has 108 valence electrons. The summed E-state index contributed by atoms with van der Waals surface area (Å²) in [6, 6.07) is 0. The predicted octanol–water partition coefficient (Wildman–Crippen LogP) is 3.48. The molecule has 2 unspecified atom stereocenters. The molecule has 1 aromatic rings. The lowest BCUT2D eigenvalue weighted by molar-refractivity contribution is -0.0581. The number of nitrogens with one attached hydrogen (secondary N) is 1. The fourth-order valence-electron chi connectivity index (χ4n) is 3.12. The van der Waals surface area contributed by atoms with Crippen molar-refractivity contribution in [3.8, 4) is 0 Å². The molecule has 1 aliphatic carbocycles. The van der Waals surface area contributed by atoms with Gasteiger partial charge in [-0.15, -0.1) is 11.3 Å². The van der Waals surface area contributed by atoms with Crippen molar-refractivity contribution in [1.82, 2.24) is 10.3 Å². The molecule has 1 aliphatic rings. The van der Waals surface area contributed by atoms with Gasteiger partial charge in [0.25, 0.3) is 0 Å². The Bertz CT molecular complexity index is 418. The first kappa shape index (κ1) is 14.9. The molecule has 0 aromatic carbocycles. The highest BCUT2D eigenvalue weighted by Crippen LogP contribution is 2.44. The summed E-state index contributed by atoms with van der Waals surface area (Å²) >= 11 is 1.84. The van der Waals surface area contributed by atoms with Crippen LogP contribution in [0.2, 0.25) is 0 Å². The Hall–Kier alpha value is -0.450. The average molecular weight is 282 g/mol. The highest BCUT2D eigenvalue weighted by atomic mass is 32.1. The van der Waals surface area contributed by atoms with E-state index in [0.717, 1.165) is 31.7 Å². The van der Waals surface area contributed by atoms with Crippen molar-refractivity contribution >= 4 is 11.3 Å². The summed E-state index contributed by atoms with van der Waals surface area (Å²) in [7, 11) is 3.84. The van der Waals surface area contributed by atoms with E-state index in [1.54, 1.807) is 0 Å². The fourth-order valence-corrected chi connectivity index (χ4v) is 4.49. The second kappa shape index (κ2) is 6.33. The summed E-state index contributed by atoms with van der Waals surface area (Å²) in [5.74, 6) is 0.732. The van der Waals surface area contributed by atoms with Gasteiger partial charge >= 0.3 is 0 Å². The van der Waals surface area contributed by atoms with Gasteiger partial charge in [-0.1, -0.05) is 20.3 Å². The molecule has 0 spiro atoms. The minimum Gasteiger partial charge on any atom is -0.371 e. The molecule has 1 heterocycles. The molecule has 0 amide bonds. The van der Waals surface area contributed by atoms with E-state index in [9.17, 15) is 0 Å². The maximum Gasteiger partial charge on any atom is 0.125 e. The summed E-state index contributed by atoms with van der Waals surface area (Å²) < 4.78 is 5.95. The molecule has 1 fully saturated rings. The largest absolute Gasteiger partial charge is 0.371 e. The molecule has 2 rings (SSSR count). The SMILES string of the molecule is CCc1nc(C2(OC)CCCC(C)C2)sc1CNC. The molecule has 0 saturated heterocycles. The number of ether oxygens (including phenoxy) is 1. The van der Waals surface area contributed by atoms with Gasteiger partial charge in [0.15, 0.2) is 0 Å². The van der Waals surface area contributed by atoms with Crippen LogP contribution < -0.4 is 5.32 Å². The van der Waals surface area contributed by atoms with Crippen LogP contribution in [0.1, 0.15) is 55.1 Å². The second-order valence-corrected chi connectivity index (χ2v) is 6.76. The molecular formula is C15H26N2OS. The number of hydrogen-bond acceptors (Lipinski definition) is 4. The van der Waals surface area contributed by atoms with E-state index in [2.05, 4.69) is 19.2 Å². The minimum absolute atomic E-state index is 0.127. The Morgan fingerprint density at radius 3 is 2.89 bits per heavy atom. The van der Waals surface area contributed by atoms with Gasteiger partial charge in [-0.05, 0) is 38.6 Å². The number of hydrogen-bond donors (Lipinski definition) is 1. The third-order valence-electron chi connectivity index (χ3n) is 4.19. The number of aryl methyl sites for hydroxylation is 1. The minimum atomic E-state index is -0.127. The number of aromatic nitrogens is 1. The normalized spacial score (nSPS) is 27.7. The fraction of sp³-hybridized carbons (Fsp3) is 0.800. The van der Waals surface area contributed by atoms with Crippen LogP contribution in [0.25, 0.3) is 0 Å². The monoisotopic (exact) mass is 282 g/mol. The Kier molecular flexibility index (Phi) is 4.98. The number of methoxy groups -OCH3 is 1. The quantitative estimate of drug-likeness (QED) is 0.898. The predicted molar refractivity (Wildman–Crippen MR) is 80.6 cm³/mol. The third-order valence-corrected chi connectivity index (χ3v) is 5.47. The first-order valence-corrected chi connectivity index (χ1v) is 8.15. The first-order chi connectivity index (χ1) is 9.15. The lowest BCUT2D eigenvalue weighted by Crippen LogP contribution is -2.34. The van der Waals surface area contributed by atoms with E-state index in [1.807, 2.05) is 25.5 Å². The Morgan fingerprint density at radius 1 is 1.53 bits per heavy atom. The van der Waals surface area contributed by atoms with Crippen molar-refractivity contribution in [2.75, 3.05) is 14.2 Å².